The molecule has 2 aromatic carbocycles. The maximum absolute atomic E-state index is 12.1. The van der Waals surface area contributed by atoms with Gasteiger partial charge in [-0.25, -0.2) is 0 Å². The molecule has 2 rings (SSSR count). The summed E-state index contributed by atoms with van der Waals surface area (Å²) in [6.45, 7) is 1.88. The highest BCUT2D eigenvalue weighted by Gasteiger charge is 2.12. The van der Waals surface area contributed by atoms with E-state index in [9.17, 15) is 8.42 Å². The van der Waals surface area contributed by atoms with E-state index in [4.69, 9.17) is 23.2 Å². The summed E-state index contributed by atoms with van der Waals surface area (Å²) in [4.78, 5) is 0.127. The van der Waals surface area contributed by atoms with E-state index in [-0.39, 0.29) is 4.90 Å². The Morgan fingerprint density at radius 1 is 1.00 bits per heavy atom. The van der Waals surface area contributed by atoms with Gasteiger partial charge in [0.2, 0.25) is 0 Å². The van der Waals surface area contributed by atoms with E-state index in [0.717, 1.165) is 5.56 Å². The molecule has 0 bridgehead atoms. The quantitative estimate of drug-likeness (QED) is 0.796. The molecule has 0 saturated heterocycles. The van der Waals surface area contributed by atoms with Crippen LogP contribution in [0, 0.1) is 6.92 Å². The summed E-state index contributed by atoms with van der Waals surface area (Å²) in [5, 5.41) is 0.695. The molecule has 0 radical (unpaired) electrons. The van der Waals surface area contributed by atoms with E-state index in [1.54, 1.807) is 30.3 Å². The molecule has 0 aromatic heterocycles. The van der Waals surface area contributed by atoms with Crippen molar-refractivity contribution in [3.8, 4) is 0 Å². The van der Waals surface area contributed by atoms with Crippen LogP contribution in [0.2, 0.25) is 10.0 Å². The van der Waals surface area contributed by atoms with E-state index in [1.807, 2.05) is 6.92 Å². The normalized spacial score (nSPS) is 11.9. The third-order valence-corrected chi connectivity index (χ3v) is 4.55. The summed E-state index contributed by atoms with van der Waals surface area (Å²) in [6.07, 6.45) is 1.17. The molecule has 2 aromatic rings. The van der Waals surface area contributed by atoms with Crippen LogP contribution in [-0.2, 0) is 10.0 Å². The molecule has 0 unspecified atom stereocenters. The number of hydrogen-bond acceptors (Lipinski definition) is 2. The first-order valence-corrected chi connectivity index (χ1v) is 7.91. The monoisotopic (exact) mass is 327 g/mol. The van der Waals surface area contributed by atoms with Crippen LogP contribution in [0.25, 0.3) is 0 Å². The van der Waals surface area contributed by atoms with Gasteiger partial charge in [-0.15, -0.1) is 0 Å². The molecular formula is C14H11Cl2NO2S. The van der Waals surface area contributed by atoms with Gasteiger partial charge in [0.05, 0.1) is 21.2 Å². The number of hydrogen-bond donors (Lipinski definition) is 0. The van der Waals surface area contributed by atoms with E-state index in [2.05, 4.69) is 4.40 Å². The second-order valence-corrected chi connectivity index (χ2v) is 6.60. The smallest absolute Gasteiger partial charge is 0.199 e. The highest BCUT2D eigenvalue weighted by Crippen LogP contribution is 2.23. The largest absolute Gasteiger partial charge is 0.282 e. The van der Waals surface area contributed by atoms with Gasteiger partial charge < -0.3 is 0 Å². The molecular weight excluding hydrogens is 317 g/mol. The number of aryl methyl sites for hydroxylation is 1. The van der Waals surface area contributed by atoms with Crippen molar-refractivity contribution in [3.05, 3.63) is 63.6 Å². The lowest BCUT2D eigenvalue weighted by Gasteiger charge is -2.02. The summed E-state index contributed by atoms with van der Waals surface area (Å²) < 4.78 is 27.7. The maximum atomic E-state index is 12.1. The van der Waals surface area contributed by atoms with Gasteiger partial charge in [-0.1, -0.05) is 47.0 Å². The second kappa shape index (κ2) is 5.95. The van der Waals surface area contributed by atoms with Crippen LogP contribution < -0.4 is 0 Å². The third kappa shape index (κ3) is 3.39. The molecule has 0 N–H and O–H groups in total. The topological polar surface area (TPSA) is 46.5 Å². The molecule has 20 heavy (non-hydrogen) atoms. The lowest BCUT2D eigenvalue weighted by Crippen LogP contribution is -1.98. The molecule has 0 fully saturated rings. The molecule has 6 heteroatoms. The first-order chi connectivity index (χ1) is 9.40. The number of rotatable bonds is 3. The van der Waals surface area contributed by atoms with Gasteiger partial charge in [0.15, 0.2) is 0 Å². The van der Waals surface area contributed by atoms with Gasteiger partial charge in [0.1, 0.15) is 0 Å². The molecule has 0 spiro atoms. The molecule has 0 saturated carbocycles. The first-order valence-electron chi connectivity index (χ1n) is 5.71. The molecule has 0 aliphatic carbocycles. The van der Waals surface area contributed by atoms with Gasteiger partial charge in [0, 0.05) is 5.56 Å². The Morgan fingerprint density at radius 3 is 2.10 bits per heavy atom. The SMILES string of the molecule is Cc1ccc(S(=O)(=O)/N=C/c2c(Cl)cccc2Cl)cc1. The Kier molecular flexibility index (Phi) is 4.48. The Labute approximate surface area is 127 Å². The average molecular weight is 328 g/mol. The Morgan fingerprint density at radius 2 is 1.55 bits per heavy atom. The molecule has 0 aliphatic heterocycles. The summed E-state index contributed by atoms with van der Waals surface area (Å²) >= 11 is 11.9. The predicted octanol–water partition coefficient (Wildman–Crippen LogP) is 4.11. The van der Waals surface area contributed by atoms with Gasteiger partial charge in [-0.3, -0.25) is 0 Å². The number of nitrogens with zero attached hydrogens (tertiary/aromatic N) is 1. The molecule has 0 atom stereocenters. The van der Waals surface area contributed by atoms with Crippen molar-refractivity contribution in [3.63, 3.8) is 0 Å². The Bertz CT molecular complexity index is 733. The minimum Gasteiger partial charge on any atom is -0.199 e. The summed E-state index contributed by atoms with van der Waals surface area (Å²) in [5.41, 5.74) is 1.36. The van der Waals surface area contributed by atoms with Crippen LogP contribution in [-0.4, -0.2) is 14.6 Å². The third-order valence-electron chi connectivity index (χ3n) is 2.64. The van der Waals surface area contributed by atoms with Gasteiger partial charge >= 0.3 is 0 Å². The Hall–Kier alpha value is -1.36. The molecule has 0 aliphatic rings. The summed E-state index contributed by atoms with van der Waals surface area (Å²) in [5.74, 6) is 0. The number of halogens is 2. The van der Waals surface area contributed by atoms with Gasteiger partial charge in [-0.05, 0) is 31.2 Å². The van der Waals surface area contributed by atoms with Crippen molar-refractivity contribution in [1.82, 2.24) is 0 Å². The maximum Gasteiger partial charge on any atom is 0.282 e. The minimum absolute atomic E-state index is 0.127. The van der Waals surface area contributed by atoms with Crippen LogP contribution in [0.4, 0.5) is 0 Å². The van der Waals surface area contributed by atoms with Crippen molar-refractivity contribution in [2.24, 2.45) is 4.40 Å². The molecule has 0 heterocycles. The van der Waals surface area contributed by atoms with Crippen LogP contribution in [0.1, 0.15) is 11.1 Å². The van der Waals surface area contributed by atoms with Gasteiger partial charge in [0.25, 0.3) is 10.0 Å². The minimum atomic E-state index is -3.76. The highest BCUT2D eigenvalue weighted by atomic mass is 35.5. The van der Waals surface area contributed by atoms with Crippen molar-refractivity contribution in [2.45, 2.75) is 11.8 Å². The van der Waals surface area contributed by atoms with E-state index >= 15 is 0 Å². The zero-order valence-electron chi connectivity index (χ0n) is 10.5. The van der Waals surface area contributed by atoms with Crippen molar-refractivity contribution in [1.29, 1.82) is 0 Å². The van der Waals surface area contributed by atoms with Crippen LogP contribution in [0.5, 0.6) is 0 Å². The first kappa shape index (κ1) is 15.0. The average Bonchev–Trinajstić information content (AvgIpc) is 2.38. The van der Waals surface area contributed by atoms with Crippen LogP contribution >= 0.6 is 23.2 Å². The van der Waals surface area contributed by atoms with Crippen molar-refractivity contribution < 1.29 is 8.42 Å². The van der Waals surface area contributed by atoms with E-state index in [1.165, 1.54) is 18.3 Å². The number of benzene rings is 2. The van der Waals surface area contributed by atoms with Crippen molar-refractivity contribution in [2.75, 3.05) is 0 Å². The molecule has 104 valence electrons. The lowest BCUT2D eigenvalue weighted by molar-refractivity contribution is 0.598. The van der Waals surface area contributed by atoms with Crippen molar-refractivity contribution >= 4 is 39.4 Å². The zero-order chi connectivity index (χ0) is 14.8. The van der Waals surface area contributed by atoms with E-state index < -0.39 is 10.0 Å². The summed E-state index contributed by atoms with van der Waals surface area (Å²) in [6, 6.07) is 11.4. The van der Waals surface area contributed by atoms with Gasteiger partial charge in [-0.2, -0.15) is 12.8 Å². The standard InChI is InChI=1S/C14H11Cl2NO2S/c1-10-5-7-11(8-6-10)20(18,19)17-9-12-13(15)3-2-4-14(12)16/h2-9H,1H3/b17-9+. The predicted molar refractivity (Wildman–Crippen MR) is 82.4 cm³/mol. The fraction of sp³-hybridized carbons (Fsp3) is 0.0714. The van der Waals surface area contributed by atoms with Crippen LogP contribution in [0.15, 0.2) is 51.8 Å². The second-order valence-electron chi connectivity index (χ2n) is 4.16. The fourth-order valence-electron chi connectivity index (χ4n) is 1.53. The van der Waals surface area contributed by atoms with Crippen LogP contribution in [0.3, 0.4) is 0 Å². The Balaban J connectivity index is 2.37. The zero-order valence-corrected chi connectivity index (χ0v) is 12.9. The number of sulfonamides is 1. The van der Waals surface area contributed by atoms with E-state index in [0.29, 0.717) is 15.6 Å². The highest BCUT2D eigenvalue weighted by molar-refractivity contribution is 7.90. The summed E-state index contributed by atoms with van der Waals surface area (Å²) in [7, 11) is -3.76. The lowest BCUT2D eigenvalue weighted by atomic mass is 10.2. The molecule has 0 amide bonds. The molecule has 3 nitrogen and oxygen atoms in total. The fourth-order valence-corrected chi connectivity index (χ4v) is 2.87.